The van der Waals surface area contributed by atoms with Crippen LogP contribution in [0, 0.1) is 0 Å². The van der Waals surface area contributed by atoms with Crippen LogP contribution in [0.25, 0.3) is 0 Å². The van der Waals surface area contributed by atoms with Crippen molar-refractivity contribution in [2.75, 3.05) is 33.4 Å². The van der Waals surface area contributed by atoms with Gasteiger partial charge < -0.3 is 19.5 Å². The second-order valence-electron chi connectivity index (χ2n) is 7.88. The van der Waals surface area contributed by atoms with Gasteiger partial charge in [-0.05, 0) is 49.2 Å². The maximum absolute atomic E-state index is 13.1. The number of pyridine rings is 1. The summed E-state index contributed by atoms with van der Waals surface area (Å²) < 4.78 is 11.2. The predicted molar refractivity (Wildman–Crippen MR) is 113 cm³/mol. The Hall–Kier alpha value is -2.64. The fraction of sp³-hybridized carbons (Fsp3) is 0.478. The molecule has 0 bridgehead atoms. The predicted octanol–water partition coefficient (Wildman–Crippen LogP) is 2.47. The van der Waals surface area contributed by atoms with Crippen molar-refractivity contribution >= 4 is 5.91 Å². The van der Waals surface area contributed by atoms with Crippen LogP contribution in [0.3, 0.4) is 0 Å². The van der Waals surface area contributed by atoms with Crippen LogP contribution in [0.1, 0.15) is 40.7 Å². The van der Waals surface area contributed by atoms with Crippen molar-refractivity contribution in [3.63, 3.8) is 0 Å². The summed E-state index contributed by atoms with van der Waals surface area (Å²) in [6.45, 7) is 3.42. The lowest BCUT2D eigenvalue weighted by molar-refractivity contribution is 0.0728. The Balaban J connectivity index is 1.53. The number of fused-ring (bicyclic) bond motifs is 1. The van der Waals surface area contributed by atoms with Crippen LogP contribution in [0.5, 0.6) is 11.6 Å². The zero-order valence-electron chi connectivity index (χ0n) is 17.4. The van der Waals surface area contributed by atoms with Gasteiger partial charge in [0.15, 0.2) is 0 Å². The van der Waals surface area contributed by atoms with Crippen molar-refractivity contribution in [1.29, 1.82) is 0 Å². The summed E-state index contributed by atoms with van der Waals surface area (Å²) >= 11 is 0. The molecule has 2 aromatic rings. The van der Waals surface area contributed by atoms with Gasteiger partial charge in [-0.2, -0.15) is 0 Å². The summed E-state index contributed by atoms with van der Waals surface area (Å²) in [5.74, 6) is 1.05. The molecule has 0 radical (unpaired) electrons. The van der Waals surface area contributed by atoms with Gasteiger partial charge in [-0.25, -0.2) is 4.98 Å². The monoisotopic (exact) mass is 411 g/mol. The average molecular weight is 412 g/mol. The maximum atomic E-state index is 13.1. The van der Waals surface area contributed by atoms with Crippen molar-refractivity contribution in [2.45, 2.75) is 38.4 Å². The molecule has 2 aliphatic rings. The standard InChI is InChI=1S/C23H29N3O4/c1-29-22-20(6-4-9-24-22)23(28)26-11-12-30-21-8-7-17(13-18(21)15-26)14-25-10-3-2-5-19(25)16-27/h4,6-9,13,19,27H,2-3,5,10-12,14-16H2,1H3/t19-/m1/s1. The Morgan fingerprint density at radius 1 is 1.30 bits per heavy atom. The van der Waals surface area contributed by atoms with E-state index in [1.165, 1.54) is 25.5 Å². The third kappa shape index (κ3) is 4.42. The Morgan fingerprint density at radius 3 is 3.03 bits per heavy atom. The number of hydrogen-bond acceptors (Lipinski definition) is 6. The normalized spacial score (nSPS) is 19.5. The summed E-state index contributed by atoms with van der Waals surface area (Å²) in [6.07, 6.45) is 5.00. The number of ether oxygens (including phenoxy) is 2. The molecular weight excluding hydrogens is 382 g/mol. The van der Waals surface area contributed by atoms with Crippen molar-refractivity contribution < 1.29 is 19.4 Å². The maximum Gasteiger partial charge on any atom is 0.259 e. The highest BCUT2D eigenvalue weighted by atomic mass is 16.5. The topological polar surface area (TPSA) is 75.1 Å². The molecule has 1 N–H and O–H groups in total. The third-order valence-corrected chi connectivity index (χ3v) is 5.93. The lowest BCUT2D eigenvalue weighted by Crippen LogP contribution is -2.41. The number of aliphatic hydroxyl groups is 1. The van der Waals surface area contributed by atoms with Gasteiger partial charge in [0, 0.05) is 30.9 Å². The van der Waals surface area contributed by atoms with Crippen LogP contribution in [-0.4, -0.2) is 65.3 Å². The van der Waals surface area contributed by atoms with Gasteiger partial charge in [-0.15, -0.1) is 0 Å². The van der Waals surface area contributed by atoms with E-state index in [2.05, 4.69) is 22.0 Å². The Bertz CT molecular complexity index is 889. The van der Waals surface area contributed by atoms with E-state index in [1.54, 1.807) is 23.2 Å². The van der Waals surface area contributed by atoms with E-state index in [4.69, 9.17) is 9.47 Å². The van der Waals surface area contributed by atoms with E-state index in [1.807, 2.05) is 6.07 Å². The molecule has 0 saturated carbocycles. The van der Waals surface area contributed by atoms with Gasteiger partial charge in [-0.1, -0.05) is 12.5 Å². The van der Waals surface area contributed by atoms with Crippen molar-refractivity contribution in [3.8, 4) is 11.6 Å². The first kappa shape index (κ1) is 20.6. The molecule has 4 rings (SSSR count). The number of likely N-dealkylation sites (tertiary alicyclic amines) is 1. The number of benzene rings is 1. The molecule has 1 atom stereocenters. The van der Waals surface area contributed by atoms with Crippen LogP contribution in [0.15, 0.2) is 36.5 Å². The van der Waals surface area contributed by atoms with E-state index >= 15 is 0 Å². The Morgan fingerprint density at radius 2 is 2.20 bits per heavy atom. The molecule has 0 unspecified atom stereocenters. The summed E-state index contributed by atoms with van der Waals surface area (Å²) in [7, 11) is 1.52. The molecule has 3 heterocycles. The fourth-order valence-electron chi connectivity index (χ4n) is 4.32. The first-order chi connectivity index (χ1) is 14.7. The van der Waals surface area contributed by atoms with Gasteiger partial charge in [0.1, 0.15) is 17.9 Å². The molecular formula is C23H29N3O4. The fourth-order valence-corrected chi connectivity index (χ4v) is 4.32. The van der Waals surface area contributed by atoms with E-state index in [9.17, 15) is 9.90 Å². The first-order valence-electron chi connectivity index (χ1n) is 10.6. The van der Waals surface area contributed by atoms with E-state index < -0.39 is 0 Å². The minimum atomic E-state index is -0.113. The highest BCUT2D eigenvalue weighted by molar-refractivity contribution is 5.96. The van der Waals surface area contributed by atoms with Crippen LogP contribution in [-0.2, 0) is 13.1 Å². The molecule has 7 nitrogen and oxygen atoms in total. The Labute approximate surface area is 177 Å². The van der Waals surface area contributed by atoms with Crippen LogP contribution < -0.4 is 9.47 Å². The van der Waals surface area contributed by atoms with Crippen LogP contribution in [0.2, 0.25) is 0 Å². The minimum Gasteiger partial charge on any atom is -0.491 e. The van der Waals surface area contributed by atoms with E-state index in [0.29, 0.717) is 31.1 Å². The van der Waals surface area contributed by atoms with Crippen molar-refractivity contribution in [2.24, 2.45) is 0 Å². The van der Waals surface area contributed by atoms with Gasteiger partial charge >= 0.3 is 0 Å². The number of methoxy groups -OCH3 is 1. The number of rotatable bonds is 5. The van der Waals surface area contributed by atoms with E-state index in [-0.39, 0.29) is 18.6 Å². The van der Waals surface area contributed by atoms with Crippen LogP contribution in [0.4, 0.5) is 0 Å². The molecule has 0 spiro atoms. The Kier molecular flexibility index (Phi) is 6.50. The molecule has 1 aromatic heterocycles. The summed E-state index contributed by atoms with van der Waals surface area (Å²) in [5.41, 5.74) is 2.63. The largest absolute Gasteiger partial charge is 0.491 e. The quantitative estimate of drug-likeness (QED) is 0.815. The van der Waals surface area contributed by atoms with Gasteiger partial charge in [0.25, 0.3) is 5.91 Å². The van der Waals surface area contributed by atoms with Crippen molar-refractivity contribution in [1.82, 2.24) is 14.8 Å². The number of carbonyl (C=O) groups excluding carboxylic acids is 1. The number of piperidine rings is 1. The van der Waals surface area contributed by atoms with Crippen LogP contribution >= 0.6 is 0 Å². The lowest BCUT2D eigenvalue weighted by Gasteiger charge is -2.34. The molecule has 1 amide bonds. The number of nitrogens with zero attached hydrogens (tertiary/aromatic N) is 3. The number of hydrogen-bond donors (Lipinski definition) is 1. The highest BCUT2D eigenvalue weighted by Gasteiger charge is 2.25. The summed E-state index contributed by atoms with van der Waals surface area (Å²) in [5, 5.41) is 9.69. The zero-order valence-corrected chi connectivity index (χ0v) is 17.4. The summed E-state index contributed by atoms with van der Waals surface area (Å²) in [6, 6.07) is 9.93. The minimum absolute atomic E-state index is 0.113. The van der Waals surface area contributed by atoms with Crippen molar-refractivity contribution in [3.05, 3.63) is 53.2 Å². The summed E-state index contributed by atoms with van der Waals surface area (Å²) in [4.78, 5) is 21.4. The second-order valence-corrected chi connectivity index (χ2v) is 7.88. The number of aliphatic hydroxyl groups excluding tert-OH is 1. The zero-order chi connectivity index (χ0) is 20.9. The van der Waals surface area contributed by atoms with Gasteiger partial charge in [0.2, 0.25) is 5.88 Å². The molecule has 1 aromatic carbocycles. The SMILES string of the molecule is COc1ncccc1C(=O)N1CCOc2ccc(CN3CCCC[C@@H]3CO)cc2C1. The number of amides is 1. The smallest absolute Gasteiger partial charge is 0.259 e. The average Bonchev–Trinajstić information content (AvgIpc) is 3.01. The molecule has 7 heteroatoms. The molecule has 2 aliphatic heterocycles. The second kappa shape index (κ2) is 9.45. The number of carbonyl (C=O) groups is 1. The van der Waals surface area contributed by atoms with Gasteiger partial charge in [-0.3, -0.25) is 9.69 Å². The lowest BCUT2D eigenvalue weighted by atomic mass is 10.0. The van der Waals surface area contributed by atoms with Gasteiger partial charge in [0.05, 0.1) is 20.3 Å². The molecule has 1 fully saturated rings. The molecule has 1 saturated heterocycles. The molecule has 0 aliphatic carbocycles. The molecule has 30 heavy (non-hydrogen) atoms. The highest BCUT2D eigenvalue weighted by Crippen LogP contribution is 2.28. The number of aromatic nitrogens is 1. The third-order valence-electron chi connectivity index (χ3n) is 5.93. The first-order valence-corrected chi connectivity index (χ1v) is 10.6. The molecule has 160 valence electrons. The van der Waals surface area contributed by atoms with E-state index in [0.717, 1.165) is 30.8 Å².